The molecule has 0 atom stereocenters. The fraction of sp³-hybridized carbons (Fsp3) is 0. The van der Waals surface area contributed by atoms with E-state index in [-0.39, 0.29) is 0 Å². The van der Waals surface area contributed by atoms with Crippen LogP contribution in [0.2, 0.25) is 0 Å². The maximum atomic E-state index is 11.2. The number of nitrogens with two attached hydrogens (primary N) is 1. The van der Waals surface area contributed by atoms with Crippen molar-refractivity contribution >= 4 is 27.5 Å². The van der Waals surface area contributed by atoms with Crippen molar-refractivity contribution in [1.82, 2.24) is 4.98 Å². The van der Waals surface area contributed by atoms with E-state index in [1.54, 1.807) is 18.3 Å². The maximum Gasteiger partial charge on any atom is 0.249 e. The summed E-state index contributed by atoms with van der Waals surface area (Å²) in [6.45, 7) is 0. The maximum absolute atomic E-state index is 11.2. The van der Waals surface area contributed by atoms with Gasteiger partial charge in [0.1, 0.15) is 5.03 Å². The van der Waals surface area contributed by atoms with E-state index in [0.717, 1.165) is 9.92 Å². The van der Waals surface area contributed by atoms with Crippen LogP contribution in [0.1, 0.15) is 10.4 Å². The molecule has 0 saturated heterocycles. The SMILES string of the molecule is NC(=O)c1ccccc1SSc1ccccn1. The number of carbonyl (C=O) groups is 1. The van der Waals surface area contributed by atoms with Crippen molar-refractivity contribution < 1.29 is 4.79 Å². The summed E-state index contributed by atoms with van der Waals surface area (Å²) in [5.41, 5.74) is 5.85. The van der Waals surface area contributed by atoms with Crippen LogP contribution in [0.4, 0.5) is 0 Å². The standard InChI is InChI=1S/C12H10N2OS2/c13-12(15)9-5-1-2-6-10(9)16-17-11-7-3-4-8-14-11/h1-8H,(H2,13,15). The Hall–Kier alpha value is -1.46. The minimum atomic E-state index is -0.408. The van der Waals surface area contributed by atoms with Crippen molar-refractivity contribution in [2.45, 2.75) is 9.92 Å². The van der Waals surface area contributed by atoms with Crippen molar-refractivity contribution in [1.29, 1.82) is 0 Å². The predicted molar refractivity (Wildman–Crippen MR) is 70.9 cm³/mol. The van der Waals surface area contributed by atoms with Crippen molar-refractivity contribution in [2.24, 2.45) is 5.73 Å². The number of hydrogen-bond acceptors (Lipinski definition) is 4. The molecule has 0 radical (unpaired) electrons. The Labute approximate surface area is 107 Å². The summed E-state index contributed by atoms with van der Waals surface area (Å²) < 4.78 is 0. The monoisotopic (exact) mass is 262 g/mol. The number of pyridine rings is 1. The summed E-state index contributed by atoms with van der Waals surface area (Å²) in [4.78, 5) is 16.3. The average molecular weight is 262 g/mol. The molecule has 0 spiro atoms. The van der Waals surface area contributed by atoms with Gasteiger partial charge in [-0.1, -0.05) is 29.0 Å². The smallest absolute Gasteiger partial charge is 0.249 e. The zero-order valence-electron chi connectivity index (χ0n) is 8.87. The number of rotatable bonds is 4. The third-order valence-electron chi connectivity index (χ3n) is 2.01. The molecule has 17 heavy (non-hydrogen) atoms. The van der Waals surface area contributed by atoms with E-state index in [2.05, 4.69) is 4.98 Å². The van der Waals surface area contributed by atoms with Gasteiger partial charge < -0.3 is 5.73 Å². The second-order valence-corrected chi connectivity index (χ2v) is 5.39. The van der Waals surface area contributed by atoms with Crippen LogP contribution < -0.4 is 5.73 Å². The van der Waals surface area contributed by atoms with Gasteiger partial charge in [0, 0.05) is 11.1 Å². The lowest BCUT2D eigenvalue weighted by atomic mass is 10.2. The molecule has 0 aliphatic heterocycles. The molecule has 2 rings (SSSR count). The summed E-state index contributed by atoms with van der Waals surface area (Å²) in [5.74, 6) is -0.408. The molecule has 1 amide bonds. The molecule has 0 saturated carbocycles. The zero-order valence-corrected chi connectivity index (χ0v) is 10.5. The van der Waals surface area contributed by atoms with E-state index in [4.69, 9.17) is 5.73 Å². The molecule has 0 aliphatic carbocycles. The highest BCUT2D eigenvalue weighted by Gasteiger charge is 2.08. The molecule has 1 aromatic carbocycles. The van der Waals surface area contributed by atoms with Gasteiger partial charge in [0.15, 0.2) is 0 Å². The molecule has 0 bridgehead atoms. The van der Waals surface area contributed by atoms with Gasteiger partial charge in [0.05, 0.1) is 5.56 Å². The van der Waals surface area contributed by atoms with Crippen molar-refractivity contribution in [3.63, 3.8) is 0 Å². The first-order valence-electron chi connectivity index (χ1n) is 4.92. The van der Waals surface area contributed by atoms with Gasteiger partial charge in [0.2, 0.25) is 5.91 Å². The molecule has 1 heterocycles. The third kappa shape index (κ3) is 3.25. The number of benzene rings is 1. The molecule has 2 aromatic rings. The van der Waals surface area contributed by atoms with Crippen molar-refractivity contribution in [3.05, 3.63) is 54.2 Å². The first-order chi connectivity index (χ1) is 8.27. The normalized spacial score (nSPS) is 10.1. The molecular formula is C12H10N2OS2. The van der Waals surface area contributed by atoms with Crippen molar-refractivity contribution in [2.75, 3.05) is 0 Å². The average Bonchev–Trinajstić information content (AvgIpc) is 2.38. The minimum absolute atomic E-state index is 0.408. The van der Waals surface area contributed by atoms with E-state index in [1.165, 1.54) is 21.6 Å². The van der Waals surface area contributed by atoms with Crippen LogP contribution in [0, 0.1) is 0 Å². The second-order valence-electron chi connectivity index (χ2n) is 3.20. The van der Waals surface area contributed by atoms with E-state index in [0.29, 0.717) is 5.56 Å². The Morgan fingerprint density at radius 2 is 1.82 bits per heavy atom. The van der Waals surface area contributed by atoms with Crippen molar-refractivity contribution in [3.8, 4) is 0 Å². The predicted octanol–water partition coefficient (Wildman–Crippen LogP) is 2.98. The Kier molecular flexibility index (Phi) is 4.06. The summed E-state index contributed by atoms with van der Waals surface area (Å²) in [7, 11) is 2.98. The quantitative estimate of drug-likeness (QED) is 0.861. The Bertz CT molecular complexity index is 517. The van der Waals surface area contributed by atoms with Gasteiger partial charge >= 0.3 is 0 Å². The highest BCUT2D eigenvalue weighted by Crippen LogP contribution is 2.37. The first-order valence-corrected chi connectivity index (χ1v) is 7.07. The number of hydrogen-bond donors (Lipinski definition) is 1. The van der Waals surface area contributed by atoms with Gasteiger partial charge in [0.25, 0.3) is 0 Å². The number of nitrogens with zero attached hydrogens (tertiary/aromatic N) is 1. The molecular weight excluding hydrogens is 252 g/mol. The van der Waals surface area contributed by atoms with E-state index < -0.39 is 5.91 Å². The number of primary amides is 1. The summed E-state index contributed by atoms with van der Waals surface area (Å²) in [6, 6.07) is 13.0. The van der Waals surface area contributed by atoms with Crippen LogP contribution in [0.5, 0.6) is 0 Å². The molecule has 0 fully saturated rings. The van der Waals surface area contributed by atoms with Gasteiger partial charge in [-0.05, 0) is 35.1 Å². The second kappa shape index (κ2) is 5.75. The van der Waals surface area contributed by atoms with Crippen LogP contribution >= 0.6 is 21.6 Å². The number of amides is 1. The molecule has 1 aromatic heterocycles. The largest absolute Gasteiger partial charge is 0.366 e. The fourth-order valence-corrected chi connectivity index (χ4v) is 3.29. The van der Waals surface area contributed by atoms with Crippen LogP contribution in [0.15, 0.2) is 58.6 Å². The highest BCUT2D eigenvalue weighted by atomic mass is 33.1. The number of aromatic nitrogens is 1. The zero-order chi connectivity index (χ0) is 12.1. The summed E-state index contributed by atoms with van der Waals surface area (Å²) in [6.07, 6.45) is 1.74. The molecule has 0 unspecified atom stereocenters. The first kappa shape index (κ1) is 12.0. The summed E-state index contributed by atoms with van der Waals surface area (Å²) in [5, 5.41) is 0.900. The lowest BCUT2D eigenvalue weighted by molar-refractivity contribution is 0.0997. The Balaban J connectivity index is 2.12. The molecule has 2 N–H and O–H groups in total. The lowest BCUT2D eigenvalue weighted by Gasteiger charge is -2.04. The van der Waals surface area contributed by atoms with Gasteiger partial charge in [-0.25, -0.2) is 4.98 Å². The Morgan fingerprint density at radius 1 is 1.06 bits per heavy atom. The van der Waals surface area contributed by atoms with E-state index >= 15 is 0 Å². The molecule has 3 nitrogen and oxygen atoms in total. The van der Waals surface area contributed by atoms with Gasteiger partial charge in [-0.3, -0.25) is 4.79 Å². The topological polar surface area (TPSA) is 56.0 Å². The fourth-order valence-electron chi connectivity index (χ4n) is 1.23. The molecule has 86 valence electrons. The summed E-state index contributed by atoms with van der Waals surface area (Å²) >= 11 is 0. The number of carbonyl (C=O) groups excluding carboxylic acids is 1. The van der Waals surface area contributed by atoms with Gasteiger partial charge in [-0.2, -0.15) is 0 Å². The highest BCUT2D eigenvalue weighted by molar-refractivity contribution is 8.76. The Morgan fingerprint density at radius 3 is 2.53 bits per heavy atom. The molecule has 5 heteroatoms. The van der Waals surface area contributed by atoms with Crippen LogP contribution in [-0.4, -0.2) is 10.9 Å². The van der Waals surface area contributed by atoms with E-state index in [1.807, 2.05) is 30.3 Å². The lowest BCUT2D eigenvalue weighted by Crippen LogP contribution is -2.11. The van der Waals surface area contributed by atoms with Crippen LogP contribution in [-0.2, 0) is 0 Å². The minimum Gasteiger partial charge on any atom is -0.366 e. The van der Waals surface area contributed by atoms with E-state index in [9.17, 15) is 4.79 Å². The third-order valence-corrected chi connectivity index (χ3v) is 4.34. The van der Waals surface area contributed by atoms with Crippen LogP contribution in [0.25, 0.3) is 0 Å². The van der Waals surface area contributed by atoms with Crippen LogP contribution in [0.3, 0.4) is 0 Å². The molecule has 0 aliphatic rings. The van der Waals surface area contributed by atoms with Gasteiger partial charge in [-0.15, -0.1) is 0 Å².